The lowest BCUT2D eigenvalue weighted by Gasteiger charge is -2.14. The number of carbonyl (C=O) groups is 1. The van der Waals surface area contributed by atoms with Gasteiger partial charge in [0.15, 0.2) is 0 Å². The van der Waals surface area contributed by atoms with Gasteiger partial charge in [-0.3, -0.25) is 9.48 Å². The summed E-state index contributed by atoms with van der Waals surface area (Å²) in [4.78, 5) is 12.1. The van der Waals surface area contributed by atoms with Crippen LogP contribution >= 0.6 is 0 Å². The van der Waals surface area contributed by atoms with Crippen LogP contribution in [-0.2, 0) is 17.9 Å². The van der Waals surface area contributed by atoms with Gasteiger partial charge in [-0.1, -0.05) is 36.3 Å². The maximum atomic E-state index is 12.1. The molecule has 4 heteroatoms. The molecular formula is C19H23N3O. The van der Waals surface area contributed by atoms with Crippen molar-refractivity contribution >= 4 is 5.91 Å². The molecule has 1 saturated carbocycles. The van der Waals surface area contributed by atoms with Crippen LogP contribution in [0.4, 0.5) is 0 Å². The minimum Gasteiger partial charge on any atom is -0.348 e. The van der Waals surface area contributed by atoms with Crippen LogP contribution in [0.1, 0.15) is 43.2 Å². The molecule has 0 spiro atoms. The second-order valence-electron chi connectivity index (χ2n) is 6.05. The van der Waals surface area contributed by atoms with Crippen molar-refractivity contribution in [2.75, 3.05) is 0 Å². The number of nitrogens with zero attached hydrogens (tertiary/aromatic N) is 2. The van der Waals surface area contributed by atoms with E-state index in [2.05, 4.69) is 22.5 Å². The van der Waals surface area contributed by atoms with Crippen molar-refractivity contribution in [1.82, 2.24) is 15.1 Å². The quantitative estimate of drug-likeness (QED) is 0.860. The Morgan fingerprint density at radius 1 is 1.13 bits per heavy atom. The smallest absolute Gasteiger partial charge is 0.244 e. The molecule has 0 saturated heterocycles. The monoisotopic (exact) mass is 309 g/mol. The fourth-order valence-electron chi connectivity index (χ4n) is 3.02. The van der Waals surface area contributed by atoms with E-state index in [1.54, 1.807) is 12.3 Å². The van der Waals surface area contributed by atoms with Crippen LogP contribution in [0.15, 0.2) is 54.4 Å². The van der Waals surface area contributed by atoms with Gasteiger partial charge >= 0.3 is 0 Å². The fourth-order valence-corrected chi connectivity index (χ4v) is 3.02. The van der Waals surface area contributed by atoms with E-state index in [4.69, 9.17) is 0 Å². The number of carbonyl (C=O) groups excluding carboxylic acids is 1. The third-order valence-corrected chi connectivity index (χ3v) is 4.29. The fraction of sp³-hybridized carbons (Fsp3) is 0.368. The van der Waals surface area contributed by atoms with E-state index in [0.717, 1.165) is 24.9 Å². The second kappa shape index (κ2) is 7.77. The predicted molar refractivity (Wildman–Crippen MR) is 90.8 cm³/mol. The first kappa shape index (κ1) is 15.5. The highest BCUT2D eigenvalue weighted by Gasteiger charge is 2.08. The summed E-state index contributed by atoms with van der Waals surface area (Å²) >= 11 is 0. The lowest BCUT2D eigenvalue weighted by atomic mass is 9.94. The second-order valence-corrected chi connectivity index (χ2v) is 6.05. The lowest BCUT2D eigenvalue weighted by molar-refractivity contribution is -0.116. The van der Waals surface area contributed by atoms with E-state index in [1.807, 2.05) is 29.1 Å². The number of amides is 1. The summed E-state index contributed by atoms with van der Waals surface area (Å²) in [5.74, 6) is 0.0239. The average molecular weight is 309 g/mol. The number of benzene rings is 1. The molecule has 1 fully saturated rings. The Hall–Kier alpha value is -2.36. The molecule has 3 rings (SSSR count). The number of hydrogen-bond acceptors (Lipinski definition) is 2. The Kier molecular flexibility index (Phi) is 5.25. The molecule has 1 aromatic heterocycles. The highest BCUT2D eigenvalue weighted by Crippen LogP contribution is 2.22. The van der Waals surface area contributed by atoms with Crippen molar-refractivity contribution in [2.24, 2.45) is 0 Å². The number of aromatic nitrogens is 2. The molecule has 0 aliphatic heterocycles. The van der Waals surface area contributed by atoms with Gasteiger partial charge in [0.25, 0.3) is 0 Å². The van der Waals surface area contributed by atoms with Crippen LogP contribution in [0.5, 0.6) is 0 Å². The van der Waals surface area contributed by atoms with Crippen LogP contribution in [0.3, 0.4) is 0 Å². The molecule has 4 nitrogen and oxygen atoms in total. The van der Waals surface area contributed by atoms with Crippen LogP contribution < -0.4 is 5.32 Å². The van der Waals surface area contributed by atoms with Crippen molar-refractivity contribution in [3.8, 4) is 0 Å². The zero-order valence-corrected chi connectivity index (χ0v) is 13.4. The molecule has 0 unspecified atom stereocenters. The topological polar surface area (TPSA) is 46.9 Å². The van der Waals surface area contributed by atoms with Gasteiger partial charge in [-0.15, -0.1) is 0 Å². The summed E-state index contributed by atoms with van der Waals surface area (Å²) in [6.07, 6.45) is 11.4. The number of nitrogens with one attached hydrogen (secondary N) is 1. The van der Waals surface area contributed by atoms with Crippen LogP contribution in [0.25, 0.3) is 0 Å². The highest BCUT2D eigenvalue weighted by atomic mass is 16.1. The molecule has 1 aliphatic carbocycles. The van der Waals surface area contributed by atoms with E-state index in [-0.39, 0.29) is 5.91 Å². The molecule has 1 aromatic carbocycles. The third-order valence-electron chi connectivity index (χ3n) is 4.29. The first-order valence-corrected chi connectivity index (χ1v) is 8.33. The van der Waals surface area contributed by atoms with Crippen LogP contribution in [-0.4, -0.2) is 15.7 Å². The van der Waals surface area contributed by atoms with Crippen molar-refractivity contribution in [3.05, 3.63) is 65.5 Å². The minimum absolute atomic E-state index is 0.0239. The maximum Gasteiger partial charge on any atom is 0.244 e. The van der Waals surface area contributed by atoms with Crippen molar-refractivity contribution in [3.63, 3.8) is 0 Å². The van der Waals surface area contributed by atoms with Gasteiger partial charge in [-0.25, -0.2) is 0 Å². The molecule has 120 valence electrons. The standard InChI is InChI=1S/C19H23N3O/c23-19(13-16-7-2-1-3-8-16)20-14-17-9-4-5-10-18(17)15-22-12-6-11-21-22/h4-6,9-13H,1-3,7-8,14-15H2,(H,20,23). The lowest BCUT2D eigenvalue weighted by Crippen LogP contribution is -2.22. The van der Waals surface area contributed by atoms with E-state index in [9.17, 15) is 4.79 Å². The molecule has 1 amide bonds. The SMILES string of the molecule is O=C(C=C1CCCCC1)NCc1ccccc1Cn1cccn1. The van der Waals surface area contributed by atoms with Crippen molar-refractivity contribution in [2.45, 2.75) is 45.2 Å². The highest BCUT2D eigenvalue weighted by molar-refractivity contribution is 5.88. The average Bonchev–Trinajstić information content (AvgIpc) is 3.08. The van der Waals surface area contributed by atoms with Gasteiger partial charge in [-0.05, 0) is 42.9 Å². The van der Waals surface area contributed by atoms with Gasteiger partial charge in [0.2, 0.25) is 5.91 Å². The van der Waals surface area contributed by atoms with Gasteiger partial charge in [0, 0.05) is 25.0 Å². The van der Waals surface area contributed by atoms with Crippen molar-refractivity contribution in [1.29, 1.82) is 0 Å². The first-order chi connectivity index (χ1) is 11.3. The largest absolute Gasteiger partial charge is 0.348 e. The van der Waals surface area contributed by atoms with Gasteiger partial charge < -0.3 is 5.32 Å². The van der Waals surface area contributed by atoms with Gasteiger partial charge in [0.1, 0.15) is 0 Å². The number of allylic oxidation sites excluding steroid dienone is 1. The molecule has 23 heavy (non-hydrogen) atoms. The molecule has 1 N–H and O–H groups in total. The Morgan fingerprint density at radius 2 is 1.91 bits per heavy atom. The maximum absolute atomic E-state index is 12.1. The normalized spacial score (nSPS) is 14.5. The molecule has 0 radical (unpaired) electrons. The molecule has 0 atom stereocenters. The van der Waals surface area contributed by atoms with E-state index in [0.29, 0.717) is 6.54 Å². The zero-order valence-electron chi connectivity index (χ0n) is 13.4. The molecule has 1 heterocycles. The van der Waals surface area contributed by atoms with Crippen LogP contribution in [0, 0.1) is 0 Å². The first-order valence-electron chi connectivity index (χ1n) is 8.33. The van der Waals surface area contributed by atoms with Gasteiger partial charge in [0.05, 0.1) is 6.54 Å². The molecular weight excluding hydrogens is 286 g/mol. The molecule has 1 aliphatic rings. The van der Waals surface area contributed by atoms with Crippen LogP contribution in [0.2, 0.25) is 0 Å². The van der Waals surface area contributed by atoms with Gasteiger partial charge in [-0.2, -0.15) is 5.10 Å². The summed E-state index contributed by atoms with van der Waals surface area (Å²) in [5.41, 5.74) is 3.61. The Labute approximate surface area is 137 Å². The molecule has 0 bridgehead atoms. The Balaban J connectivity index is 1.60. The predicted octanol–water partition coefficient (Wildman–Crippen LogP) is 3.44. The zero-order chi connectivity index (χ0) is 15.9. The summed E-state index contributed by atoms with van der Waals surface area (Å²) in [6.45, 7) is 1.28. The van der Waals surface area contributed by atoms with E-state index >= 15 is 0 Å². The minimum atomic E-state index is 0.0239. The summed E-state index contributed by atoms with van der Waals surface area (Å²) in [5, 5.41) is 7.27. The molecule has 2 aromatic rings. The van der Waals surface area contributed by atoms with E-state index in [1.165, 1.54) is 30.4 Å². The Morgan fingerprint density at radius 3 is 2.65 bits per heavy atom. The number of rotatable bonds is 5. The Bertz CT molecular complexity index is 666. The summed E-state index contributed by atoms with van der Waals surface area (Å²) in [7, 11) is 0. The third kappa shape index (κ3) is 4.55. The summed E-state index contributed by atoms with van der Waals surface area (Å²) < 4.78 is 1.89. The summed E-state index contributed by atoms with van der Waals surface area (Å²) in [6, 6.07) is 10.1. The number of hydrogen-bond donors (Lipinski definition) is 1. The van der Waals surface area contributed by atoms with Crippen molar-refractivity contribution < 1.29 is 4.79 Å². The van der Waals surface area contributed by atoms with E-state index < -0.39 is 0 Å².